The summed E-state index contributed by atoms with van der Waals surface area (Å²) in [6, 6.07) is 8.51. The van der Waals surface area contributed by atoms with Crippen molar-refractivity contribution in [2.75, 3.05) is 5.32 Å². The van der Waals surface area contributed by atoms with E-state index < -0.39 is 0 Å². The number of hydrogen-bond acceptors (Lipinski definition) is 6. The third-order valence-electron chi connectivity index (χ3n) is 3.40. The zero-order valence-corrected chi connectivity index (χ0v) is 14.8. The Bertz CT molecular complexity index is 947. The lowest BCUT2D eigenvalue weighted by Gasteiger charge is -2.08. The summed E-state index contributed by atoms with van der Waals surface area (Å²) in [7, 11) is 0. The van der Waals surface area contributed by atoms with E-state index in [0.29, 0.717) is 22.8 Å². The average Bonchev–Trinajstić information content (AvgIpc) is 2.95. The number of carbonyl (C=O) groups excluding carboxylic acids is 1. The van der Waals surface area contributed by atoms with Gasteiger partial charge in [-0.2, -0.15) is 9.61 Å². The maximum Gasteiger partial charge on any atom is 0.275 e. The molecule has 25 heavy (non-hydrogen) atoms. The van der Waals surface area contributed by atoms with Gasteiger partial charge in [0.25, 0.3) is 5.56 Å². The summed E-state index contributed by atoms with van der Waals surface area (Å²) >= 11 is 1.36. The standard InChI is InChI=1S/C17H18N4O3S/c1-3-4-15(22)18-12-5-7-14(8-6-12)24-10-13-9-16(23)21-17(19-13)25-11(2)20-21/h5-9H,3-4,10H2,1-2H3,(H,18,22). The van der Waals surface area contributed by atoms with Crippen LogP contribution in [0.15, 0.2) is 35.1 Å². The van der Waals surface area contributed by atoms with Crippen LogP contribution in [0.25, 0.3) is 4.96 Å². The number of hydrogen-bond donors (Lipinski definition) is 1. The molecular weight excluding hydrogens is 340 g/mol. The number of nitrogens with one attached hydrogen (secondary N) is 1. The lowest BCUT2D eigenvalue weighted by molar-refractivity contribution is -0.116. The number of anilines is 1. The van der Waals surface area contributed by atoms with Gasteiger partial charge in [-0.05, 0) is 37.6 Å². The van der Waals surface area contributed by atoms with E-state index in [9.17, 15) is 9.59 Å². The van der Waals surface area contributed by atoms with Crippen molar-refractivity contribution in [3.8, 4) is 5.75 Å². The van der Waals surface area contributed by atoms with Gasteiger partial charge in [-0.25, -0.2) is 4.98 Å². The fourth-order valence-corrected chi connectivity index (χ4v) is 3.04. The van der Waals surface area contributed by atoms with E-state index in [2.05, 4.69) is 15.4 Å². The molecule has 0 fully saturated rings. The first-order valence-electron chi connectivity index (χ1n) is 7.94. The second-order valence-corrected chi connectivity index (χ2v) is 6.67. The van der Waals surface area contributed by atoms with Crippen LogP contribution in [0, 0.1) is 6.92 Å². The van der Waals surface area contributed by atoms with Crippen molar-refractivity contribution in [1.29, 1.82) is 0 Å². The van der Waals surface area contributed by atoms with Gasteiger partial charge in [-0.1, -0.05) is 18.3 Å². The van der Waals surface area contributed by atoms with E-state index in [0.717, 1.165) is 17.1 Å². The molecule has 7 nitrogen and oxygen atoms in total. The zero-order chi connectivity index (χ0) is 17.8. The molecule has 1 N–H and O–H groups in total. The molecule has 2 aromatic heterocycles. The third-order valence-corrected chi connectivity index (χ3v) is 4.22. The summed E-state index contributed by atoms with van der Waals surface area (Å²) in [6.45, 7) is 3.97. The van der Waals surface area contributed by atoms with Crippen LogP contribution in [0.2, 0.25) is 0 Å². The Hall–Kier alpha value is -2.74. The summed E-state index contributed by atoms with van der Waals surface area (Å²) in [5, 5.41) is 7.70. The minimum absolute atomic E-state index is 0.00556. The summed E-state index contributed by atoms with van der Waals surface area (Å²) in [6.07, 6.45) is 1.31. The molecule has 0 saturated heterocycles. The van der Waals surface area contributed by atoms with E-state index in [1.165, 1.54) is 21.9 Å². The Labute approximate surface area is 148 Å². The minimum atomic E-state index is -0.220. The Morgan fingerprint density at radius 1 is 1.32 bits per heavy atom. The molecule has 0 unspecified atom stereocenters. The molecule has 0 radical (unpaired) electrons. The SMILES string of the molecule is CCCC(=O)Nc1ccc(OCc2cc(=O)n3nc(C)sc3n2)cc1. The number of fused-ring (bicyclic) bond motifs is 1. The molecule has 2 heterocycles. The number of aromatic nitrogens is 3. The maximum absolute atomic E-state index is 12.0. The number of nitrogens with zero attached hydrogens (tertiary/aromatic N) is 3. The predicted octanol–water partition coefficient (Wildman–Crippen LogP) is 2.78. The van der Waals surface area contributed by atoms with Crippen molar-refractivity contribution in [1.82, 2.24) is 14.6 Å². The first kappa shape index (κ1) is 17.1. The monoisotopic (exact) mass is 358 g/mol. The van der Waals surface area contributed by atoms with Gasteiger partial charge in [0, 0.05) is 18.2 Å². The average molecular weight is 358 g/mol. The number of carbonyl (C=O) groups is 1. The van der Waals surface area contributed by atoms with E-state index in [1.54, 1.807) is 24.3 Å². The van der Waals surface area contributed by atoms with Crippen LogP contribution >= 0.6 is 11.3 Å². The quantitative estimate of drug-likeness (QED) is 0.732. The highest BCUT2D eigenvalue weighted by molar-refractivity contribution is 7.16. The molecular formula is C17H18N4O3S. The van der Waals surface area contributed by atoms with Gasteiger partial charge in [0.2, 0.25) is 10.9 Å². The molecule has 0 atom stereocenters. The topological polar surface area (TPSA) is 85.6 Å². The number of benzene rings is 1. The molecule has 8 heteroatoms. The highest BCUT2D eigenvalue weighted by atomic mass is 32.1. The van der Waals surface area contributed by atoms with Gasteiger partial charge in [-0.3, -0.25) is 9.59 Å². The van der Waals surface area contributed by atoms with Crippen LogP contribution in [0.5, 0.6) is 5.75 Å². The predicted molar refractivity (Wildman–Crippen MR) is 96.2 cm³/mol. The lowest BCUT2D eigenvalue weighted by Crippen LogP contribution is -2.16. The second-order valence-electron chi connectivity index (χ2n) is 5.51. The molecule has 0 aliphatic rings. The smallest absolute Gasteiger partial charge is 0.275 e. The van der Waals surface area contributed by atoms with Gasteiger partial charge in [0.05, 0.1) is 5.69 Å². The van der Waals surface area contributed by atoms with E-state index >= 15 is 0 Å². The van der Waals surface area contributed by atoms with Crippen molar-refractivity contribution in [2.24, 2.45) is 0 Å². The van der Waals surface area contributed by atoms with Gasteiger partial charge < -0.3 is 10.1 Å². The Balaban J connectivity index is 1.65. The minimum Gasteiger partial charge on any atom is -0.487 e. The van der Waals surface area contributed by atoms with E-state index in [4.69, 9.17) is 4.74 Å². The van der Waals surface area contributed by atoms with Gasteiger partial charge in [0.15, 0.2) is 0 Å². The fourth-order valence-electron chi connectivity index (χ4n) is 2.27. The Morgan fingerprint density at radius 2 is 2.08 bits per heavy atom. The summed E-state index contributed by atoms with van der Waals surface area (Å²) in [5.74, 6) is 0.630. The van der Waals surface area contributed by atoms with Gasteiger partial charge in [-0.15, -0.1) is 0 Å². The third kappa shape index (κ3) is 4.21. The van der Waals surface area contributed by atoms with Crippen molar-refractivity contribution in [3.63, 3.8) is 0 Å². The molecule has 130 valence electrons. The second kappa shape index (κ2) is 7.43. The number of aryl methyl sites for hydroxylation is 1. The Kier molecular flexibility index (Phi) is 5.08. The van der Waals surface area contributed by atoms with Crippen molar-refractivity contribution in [3.05, 3.63) is 51.4 Å². The molecule has 1 aromatic carbocycles. The molecule has 1 amide bonds. The van der Waals surface area contributed by atoms with Crippen molar-refractivity contribution in [2.45, 2.75) is 33.3 Å². The van der Waals surface area contributed by atoms with Gasteiger partial charge in [0.1, 0.15) is 17.4 Å². The largest absolute Gasteiger partial charge is 0.487 e. The number of ether oxygens (including phenoxy) is 1. The summed E-state index contributed by atoms with van der Waals surface area (Å²) in [4.78, 5) is 28.5. The summed E-state index contributed by atoms with van der Waals surface area (Å²) in [5.41, 5.74) is 1.06. The molecule has 3 aromatic rings. The van der Waals surface area contributed by atoms with Crippen molar-refractivity contribution >= 4 is 27.9 Å². The van der Waals surface area contributed by atoms with Crippen LogP contribution in [0.1, 0.15) is 30.5 Å². The highest BCUT2D eigenvalue weighted by Crippen LogP contribution is 2.17. The first-order valence-corrected chi connectivity index (χ1v) is 8.76. The molecule has 3 rings (SSSR count). The number of rotatable bonds is 6. The molecule has 0 aliphatic carbocycles. The van der Waals surface area contributed by atoms with Crippen LogP contribution in [-0.4, -0.2) is 20.5 Å². The van der Waals surface area contributed by atoms with Crippen LogP contribution < -0.4 is 15.6 Å². The highest BCUT2D eigenvalue weighted by Gasteiger charge is 2.07. The van der Waals surface area contributed by atoms with Crippen LogP contribution in [0.3, 0.4) is 0 Å². The maximum atomic E-state index is 12.0. The molecule has 0 saturated carbocycles. The molecule has 0 spiro atoms. The van der Waals surface area contributed by atoms with Gasteiger partial charge >= 0.3 is 0 Å². The number of amides is 1. The lowest BCUT2D eigenvalue weighted by atomic mass is 10.2. The molecule has 0 bridgehead atoms. The molecule has 0 aliphatic heterocycles. The Morgan fingerprint density at radius 3 is 2.80 bits per heavy atom. The van der Waals surface area contributed by atoms with E-state index in [1.807, 2.05) is 13.8 Å². The fraction of sp³-hybridized carbons (Fsp3) is 0.294. The first-order chi connectivity index (χ1) is 12.0. The zero-order valence-electron chi connectivity index (χ0n) is 14.0. The summed E-state index contributed by atoms with van der Waals surface area (Å²) < 4.78 is 6.96. The van der Waals surface area contributed by atoms with Crippen LogP contribution in [-0.2, 0) is 11.4 Å². The normalized spacial score (nSPS) is 10.8. The van der Waals surface area contributed by atoms with E-state index in [-0.39, 0.29) is 18.1 Å². The van der Waals surface area contributed by atoms with Crippen LogP contribution in [0.4, 0.5) is 5.69 Å². The van der Waals surface area contributed by atoms with Crippen molar-refractivity contribution < 1.29 is 9.53 Å².